The van der Waals surface area contributed by atoms with Gasteiger partial charge in [-0.25, -0.2) is 0 Å². The van der Waals surface area contributed by atoms with Crippen molar-refractivity contribution in [2.24, 2.45) is 0 Å². The molecule has 2 rings (SSSR count). The van der Waals surface area contributed by atoms with Crippen LogP contribution >= 0.6 is 0 Å². The van der Waals surface area contributed by atoms with E-state index < -0.39 is 12.4 Å². The molecule has 6 heteroatoms. The third-order valence-corrected chi connectivity index (χ3v) is 2.39. The molecule has 0 bridgehead atoms. The molecule has 0 aliphatic heterocycles. The van der Waals surface area contributed by atoms with Gasteiger partial charge < -0.3 is 10.5 Å². The predicted molar refractivity (Wildman–Crippen MR) is 65.2 cm³/mol. The monoisotopic (exact) mass is 264 g/mol. The fourth-order valence-electron chi connectivity index (χ4n) is 1.57. The van der Waals surface area contributed by atoms with Gasteiger partial charge in [0.1, 0.15) is 5.75 Å². The van der Waals surface area contributed by atoms with Crippen LogP contribution in [0.4, 0.5) is 14.5 Å². The fourth-order valence-corrected chi connectivity index (χ4v) is 1.57. The van der Waals surface area contributed by atoms with Crippen LogP contribution in [0.1, 0.15) is 15.9 Å². The van der Waals surface area contributed by atoms with Crippen molar-refractivity contribution in [3.05, 3.63) is 53.9 Å². The van der Waals surface area contributed by atoms with Crippen LogP contribution in [-0.4, -0.2) is 17.4 Å². The smallest absolute Gasteiger partial charge is 0.387 e. The highest BCUT2D eigenvalue weighted by Gasteiger charge is 2.17. The van der Waals surface area contributed by atoms with E-state index in [1.54, 1.807) is 6.07 Å². The average molecular weight is 264 g/mol. The van der Waals surface area contributed by atoms with Crippen molar-refractivity contribution < 1.29 is 18.3 Å². The van der Waals surface area contributed by atoms with Gasteiger partial charge in [0.25, 0.3) is 0 Å². The maximum absolute atomic E-state index is 12.3. The summed E-state index contributed by atoms with van der Waals surface area (Å²) < 4.78 is 28.9. The van der Waals surface area contributed by atoms with E-state index in [1.807, 2.05) is 0 Å². The Balaban J connectivity index is 2.41. The molecular formula is C13H10F2N2O2. The van der Waals surface area contributed by atoms with Gasteiger partial charge in [-0.3, -0.25) is 9.78 Å². The van der Waals surface area contributed by atoms with Gasteiger partial charge in [0.2, 0.25) is 0 Å². The molecule has 98 valence electrons. The van der Waals surface area contributed by atoms with Crippen LogP contribution in [0.25, 0.3) is 0 Å². The van der Waals surface area contributed by atoms with Gasteiger partial charge in [-0.15, -0.1) is 0 Å². The fraction of sp³-hybridized carbons (Fsp3) is 0.0769. The molecule has 0 spiro atoms. The Morgan fingerprint density at radius 3 is 2.74 bits per heavy atom. The Hall–Kier alpha value is -2.50. The largest absolute Gasteiger partial charge is 0.434 e. The number of carbonyl (C=O) groups is 1. The summed E-state index contributed by atoms with van der Waals surface area (Å²) in [7, 11) is 0. The minimum absolute atomic E-state index is 0.0162. The topological polar surface area (TPSA) is 65.2 Å². The number of pyridine rings is 1. The number of alkyl halides is 2. The molecule has 0 radical (unpaired) electrons. The number of rotatable bonds is 4. The first-order valence-electron chi connectivity index (χ1n) is 5.37. The molecule has 0 aliphatic rings. The normalized spacial score (nSPS) is 10.5. The Morgan fingerprint density at radius 2 is 2.11 bits per heavy atom. The van der Waals surface area contributed by atoms with Gasteiger partial charge >= 0.3 is 6.61 Å². The van der Waals surface area contributed by atoms with E-state index in [2.05, 4.69) is 9.72 Å². The number of hydrogen-bond donors (Lipinski definition) is 1. The van der Waals surface area contributed by atoms with E-state index >= 15 is 0 Å². The van der Waals surface area contributed by atoms with Crippen LogP contribution in [0, 0.1) is 0 Å². The minimum Gasteiger partial charge on any atom is -0.434 e. The van der Waals surface area contributed by atoms with Crippen molar-refractivity contribution in [3.8, 4) is 5.75 Å². The standard InChI is InChI=1S/C13H10F2N2O2/c14-13(15)19-11-6-9(16)3-4-10(11)12(18)8-2-1-5-17-7-8/h1-7,13H,16H2. The van der Waals surface area contributed by atoms with Crippen LogP contribution in [0.3, 0.4) is 0 Å². The molecule has 1 heterocycles. The molecule has 1 aromatic carbocycles. The van der Waals surface area contributed by atoms with E-state index in [-0.39, 0.29) is 22.6 Å². The van der Waals surface area contributed by atoms with Crippen molar-refractivity contribution >= 4 is 11.5 Å². The summed E-state index contributed by atoms with van der Waals surface area (Å²) in [5.74, 6) is -0.701. The first-order valence-corrected chi connectivity index (χ1v) is 5.37. The lowest BCUT2D eigenvalue weighted by Crippen LogP contribution is -2.09. The van der Waals surface area contributed by atoms with Crippen molar-refractivity contribution in [1.29, 1.82) is 0 Å². The van der Waals surface area contributed by atoms with Gasteiger partial charge in [0.05, 0.1) is 5.56 Å². The Labute approximate surface area is 107 Å². The van der Waals surface area contributed by atoms with Crippen molar-refractivity contribution in [2.75, 3.05) is 5.73 Å². The summed E-state index contributed by atoms with van der Waals surface area (Å²) in [4.78, 5) is 16.0. The highest BCUT2D eigenvalue weighted by molar-refractivity contribution is 6.10. The van der Waals surface area contributed by atoms with Crippen LogP contribution in [0.2, 0.25) is 0 Å². The van der Waals surface area contributed by atoms with Gasteiger partial charge in [-0.05, 0) is 24.3 Å². The number of nitrogen functional groups attached to an aromatic ring is 1. The van der Waals surface area contributed by atoms with E-state index in [0.717, 1.165) is 0 Å². The number of nitrogens with two attached hydrogens (primary N) is 1. The van der Waals surface area contributed by atoms with Crippen LogP contribution in [0.5, 0.6) is 5.75 Å². The number of anilines is 1. The molecule has 0 saturated carbocycles. The Morgan fingerprint density at radius 1 is 1.32 bits per heavy atom. The molecule has 0 unspecified atom stereocenters. The van der Waals surface area contributed by atoms with Crippen molar-refractivity contribution in [2.45, 2.75) is 6.61 Å². The third kappa shape index (κ3) is 3.04. The first-order chi connectivity index (χ1) is 9.08. The highest BCUT2D eigenvalue weighted by Crippen LogP contribution is 2.26. The van der Waals surface area contributed by atoms with E-state index in [1.165, 1.54) is 36.7 Å². The van der Waals surface area contributed by atoms with E-state index in [4.69, 9.17) is 5.73 Å². The summed E-state index contributed by atoms with van der Waals surface area (Å²) in [6.07, 6.45) is 2.86. The zero-order valence-electron chi connectivity index (χ0n) is 9.72. The molecule has 0 saturated heterocycles. The molecule has 2 aromatic rings. The quantitative estimate of drug-likeness (QED) is 0.680. The van der Waals surface area contributed by atoms with Crippen molar-refractivity contribution in [1.82, 2.24) is 4.98 Å². The lowest BCUT2D eigenvalue weighted by atomic mass is 10.0. The molecule has 1 aromatic heterocycles. The Kier molecular flexibility index (Phi) is 3.70. The summed E-state index contributed by atoms with van der Waals surface area (Å²) in [5.41, 5.74) is 6.03. The summed E-state index contributed by atoms with van der Waals surface area (Å²) in [5, 5.41) is 0. The van der Waals surface area contributed by atoms with Crippen LogP contribution in [0.15, 0.2) is 42.7 Å². The number of aromatic nitrogens is 1. The molecule has 0 amide bonds. The average Bonchev–Trinajstić information content (AvgIpc) is 2.38. The summed E-state index contributed by atoms with van der Waals surface area (Å²) in [6, 6.07) is 7.11. The molecule has 0 atom stereocenters. The highest BCUT2D eigenvalue weighted by atomic mass is 19.3. The predicted octanol–water partition coefficient (Wildman–Crippen LogP) is 2.50. The lowest BCUT2D eigenvalue weighted by Gasteiger charge is -2.10. The molecule has 2 N–H and O–H groups in total. The molecule has 0 fully saturated rings. The second kappa shape index (κ2) is 5.43. The molecule has 19 heavy (non-hydrogen) atoms. The van der Waals surface area contributed by atoms with E-state index in [9.17, 15) is 13.6 Å². The number of hydrogen-bond acceptors (Lipinski definition) is 4. The van der Waals surface area contributed by atoms with Crippen LogP contribution in [-0.2, 0) is 0 Å². The zero-order chi connectivity index (χ0) is 13.8. The second-order valence-electron chi connectivity index (χ2n) is 3.70. The zero-order valence-corrected chi connectivity index (χ0v) is 9.72. The van der Waals surface area contributed by atoms with Gasteiger partial charge in [-0.2, -0.15) is 8.78 Å². The number of nitrogens with zero attached hydrogens (tertiary/aromatic N) is 1. The molecular weight excluding hydrogens is 254 g/mol. The number of ketones is 1. The number of ether oxygens (including phenoxy) is 1. The SMILES string of the molecule is Nc1ccc(C(=O)c2cccnc2)c(OC(F)F)c1. The summed E-state index contributed by atoms with van der Waals surface area (Å²) >= 11 is 0. The minimum atomic E-state index is -3.03. The lowest BCUT2D eigenvalue weighted by molar-refractivity contribution is -0.0500. The van der Waals surface area contributed by atoms with Crippen LogP contribution < -0.4 is 10.5 Å². The maximum atomic E-state index is 12.3. The molecule has 0 aliphatic carbocycles. The number of benzene rings is 1. The maximum Gasteiger partial charge on any atom is 0.387 e. The number of halogens is 2. The van der Waals surface area contributed by atoms with Crippen molar-refractivity contribution in [3.63, 3.8) is 0 Å². The summed E-state index contributed by atoms with van der Waals surface area (Å²) in [6.45, 7) is -3.03. The van der Waals surface area contributed by atoms with E-state index in [0.29, 0.717) is 0 Å². The first kappa shape index (κ1) is 12.9. The second-order valence-corrected chi connectivity index (χ2v) is 3.70. The van der Waals surface area contributed by atoms with Gasteiger partial charge in [0, 0.05) is 29.7 Å². The third-order valence-electron chi connectivity index (χ3n) is 2.39. The molecule has 4 nitrogen and oxygen atoms in total. The number of carbonyl (C=O) groups excluding carboxylic acids is 1. The Bertz CT molecular complexity index is 588. The van der Waals surface area contributed by atoms with Gasteiger partial charge in [0.15, 0.2) is 5.78 Å². The van der Waals surface area contributed by atoms with Gasteiger partial charge in [-0.1, -0.05) is 0 Å².